The standard InChI is InChI=1S/C93H96N4O15S3/c1-48(2)92(100)96-90-57(12)35-52(7)72(60(90)15)39-64-31-33-69-78(41-64)112-80-45-65(83(115(108,109)110)47-76(80)87(69)70-26-20-21-27-81(70)113(102,103)104)42-73-53(8)36-56(11)89(61(73)16)95-85(99)29-23-22-28-84(98)94-88-55(10)34-51(6)71(59(88)14)38-63-30-32-68-77(40-63)111-79-44-66(43-74-54(9)37-58(13)91(62(74)17)97-93(101)49(3)4)82(114(105,106)107)46-75(79)86(68)67-25-19-18-24-50(67)5/h18-21,24-27,30-38,40-42,44-49H,22-23,28-29,39,43H2,1-17H3,(H,94,98)(H,95,99)(H,96,100)(H,97,101)(H,102,103,104)(H,105,106,107)(H,108,109,110)/b63-38+,65-42-. The minimum absolute atomic E-state index is 0.00968. The van der Waals surface area contributed by atoms with Crippen molar-refractivity contribution >= 4 is 100 Å². The van der Waals surface area contributed by atoms with Crippen LogP contribution in [0.5, 0.6) is 23.0 Å². The second-order valence-electron chi connectivity index (χ2n) is 31.2. The van der Waals surface area contributed by atoms with Gasteiger partial charge < -0.3 is 30.7 Å². The van der Waals surface area contributed by atoms with Crippen LogP contribution in [0, 0.1) is 102 Å². The Morgan fingerprint density at radius 2 is 0.843 bits per heavy atom. The van der Waals surface area contributed by atoms with Crippen molar-refractivity contribution < 1.29 is 67.6 Å². The first-order chi connectivity index (χ1) is 54.1. The lowest BCUT2D eigenvalue weighted by Crippen LogP contribution is -2.25. The average Bonchev–Trinajstić information content (AvgIpc) is 0.729. The number of amides is 4. The molecule has 22 heteroatoms. The maximum atomic E-state index is 14.0. The molecular weight excluding hydrogens is 1510 g/mol. The van der Waals surface area contributed by atoms with Crippen LogP contribution < -0.4 is 51.6 Å². The van der Waals surface area contributed by atoms with Crippen LogP contribution in [0.3, 0.4) is 0 Å². The molecule has 2 heterocycles. The van der Waals surface area contributed by atoms with E-state index in [2.05, 4.69) is 21.3 Å². The van der Waals surface area contributed by atoms with Crippen molar-refractivity contribution in [2.75, 3.05) is 21.3 Å². The van der Waals surface area contributed by atoms with Gasteiger partial charge in [0, 0.05) is 85.7 Å². The van der Waals surface area contributed by atoms with E-state index in [1.165, 1.54) is 36.4 Å². The van der Waals surface area contributed by atoms with E-state index in [1.807, 2.05) is 196 Å². The van der Waals surface area contributed by atoms with Gasteiger partial charge >= 0.3 is 0 Å². The summed E-state index contributed by atoms with van der Waals surface area (Å²) in [6, 6.07) is 38.5. The second kappa shape index (κ2) is 32.6. The molecule has 115 heavy (non-hydrogen) atoms. The number of anilines is 4. The lowest BCUT2D eigenvalue weighted by Gasteiger charge is -2.25. The zero-order valence-corrected chi connectivity index (χ0v) is 70.2. The Balaban J connectivity index is 0.790. The van der Waals surface area contributed by atoms with Gasteiger partial charge in [-0.05, 0) is 298 Å². The van der Waals surface area contributed by atoms with Crippen molar-refractivity contribution in [3.05, 3.63) is 282 Å². The Morgan fingerprint density at radius 1 is 0.383 bits per heavy atom. The number of carbonyl (C=O) groups is 4. The van der Waals surface area contributed by atoms with Gasteiger partial charge in [0.25, 0.3) is 30.4 Å². The van der Waals surface area contributed by atoms with Gasteiger partial charge in [0.2, 0.25) is 23.6 Å². The minimum atomic E-state index is -5.05. The summed E-state index contributed by atoms with van der Waals surface area (Å²) in [7, 11) is -14.7. The van der Waals surface area contributed by atoms with Crippen molar-refractivity contribution in [3.63, 3.8) is 0 Å². The molecule has 0 radical (unpaired) electrons. The lowest BCUT2D eigenvalue weighted by molar-refractivity contribution is -0.119. The van der Waals surface area contributed by atoms with E-state index in [9.17, 15) is 58.1 Å². The Hall–Kier alpha value is -11.1. The highest BCUT2D eigenvalue weighted by Gasteiger charge is 2.32. The van der Waals surface area contributed by atoms with Crippen LogP contribution in [0.1, 0.15) is 181 Å². The number of unbranched alkanes of at least 4 members (excludes halogenated alkanes) is 1. The summed E-state index contributed by atoms with van der Waals surface area (Å²) in [5, 5.41) is 14.0. The first kappa shape index (κ1) is 83.3. The molecule has 0 saturated heterocycles. The molecule has 0 aliphatic carbocycles. The highest BCUT2D eigenvalue weighted by atomic mass is 32.2. The quantitative estimate of drug-likeness (QED) is 0.0245. The molecule has 0 aromatic heterocycles. The summed E-state index contributed by atoms with van der Waals surface area (Å²) < 4.78 is 127. The molecule has 2 aliphatic rings. The number of fused-ring (bicyclic) bond motifs is 4. The van der Waals surface area contributed by atoms with E-state index >= 15 is 0 Å². The summed E-state index contributed by atoms with van der Waals surface area (Å²) in [5.41, 5.74) is 20.2. The molecule has 596 valence electrons. The lowest BCUT2D eigenvalue weighted by atomic mass is 9.88. The maximum Gasteiger partial charge on any atom is 0.295 e. The zero-order chi connectivity index (χ0) is 83.5. The largest absolute Gasteiger partial charge is 0.456 e. The van der Waals surface area contributed by atoms with Crippen molar-refractivity contribution in [3.8, 4) is 23.0 Å². The molecule has 0 atom stereocenters. The molecule has 10 aromatic rings. The van der Waals surface area contributed by atoms with Crippen LogP contribution in [0.4, 0.5) is 22.7 Å². The highest BCUT2D eigenvalue weighted by Crippen LogP contribution is 2.44. The van der Waals surface area contributed by atoms with Crippen LogP contribution in [-0.4, -0.2) is 62.5 Å². The van der Waals surface area contributed by atoms with Crippen LogP contribution in [0.25, 0.3) is 23.3 Å². The van der Waals surface area contributed by atoms with Crippen molar-refractivity contribution in [2.45, 2.75) is 171 Å². The van der Waals surface area contributed by atoms with Crippen LogP contribution >= 0.6 is 0 Å². The number of benzene rings is 10. The van der Waals surface area contributed by atoms with Gasteiger partial charge in [0.15, 0.2) is 0 Å². The van der Waals surface area contributed by atoms with E-state index in [4.69, 9.17) is 9.47 Å². The normalized spacial score (nSPS) is 12.9. The third-order valence-electron chi connectivity index (χ3n) is 22.1. The first-order valence-corrected chi connectivity index (χ1v) is 42.5. The Kier molecular flexibility index (Phi) is 23.7. The molecule has 0 saturated carbocycles. The predicted octanol–water partition coefficient (Wildman–Crippen LogP) is 16.3. The molecule has 0 bridgehead atoms. The van der Waals surface area contributed by atoms with Gasteiger partial charge in [0.05, 0.1) is 4.90 Å². The van der Waals surface area contributed by atoms with Gasteiger partial charge in [-0.15, -0.1) is 0 Å². The summed E-state index contributed by atoms with van der Waals surface area (Å²) in [6.45, 7) is 32.2. The Labute approximate surface area is 672 Å². The highest BCUT2D eigenvalue weighted by molar-refractivity contribution is 7.86. The average molecular weight is 1610 g/mol. The van der Waals surface area contributed by atoms with Crippen molar-refractivity contribution in [1.29, 1.82) is 0 Å². The molecule has 0 spiro atoms. The number of hydrogen-bond donors (Lipinski definition) is 7. The second-order valence-corrected chi connectivity index (χ2v) is 35.3. The molecule has 4 amide bonds. The fourth-order valence-electron chi connectivity index (χ4n) is 16.0. The van der Waals surface area contributed by atoms with Gasteiger partial charge in [-0.25, -0.2) is 0 Å². The molecule has 7 N–H and O–H groups in total. The molecule has 0 fully saturated rings. The first-order valence-electron chi connectivity index (χ1n) is 38.2. The molecular formula is C93H96N4O15S3. The Bertz CT molecular complexity index is 6460. The van der Waals surface area contributed by atoms with E-state index in [1.54, 1.807) is 31.2 Å². The zero-order valence-electron chi connectivity index (χ0n) is 67.7. The van der Waals surface area contributed by atoms with E-state index < -0.39 is 40.1 Å². The maximum absolute atomic E-state index is 14.0. The molecule has 19 nitrogen and oxygen atoms in total. The molecule has 0 unspecified atom stereocenters. The van der Waals surface area contributed by atoms with Gasteiger partial charge in [-0.1, -0.05) is 113 Å². The van der Waals surface area contributed by atoms with E-state index in [0.29, 0.717) is 92.0 Å². The number of hydrogen-bond acceptors (Lipinski definition) is 12. The van der Waals surface area contributed by atoms with Gasteiger partial charge in [-0.2, -0.15) is 25.3 Å². The summed E-state index contributed by atoms with van der Waals surface area (Å²) in [6.07, 6.45) is 4.99. The minimum Gasteiger partial charge on any atom is -0.456 e. The smallest absolute Gasteiger partial charge is 0.295 e. The van der Waals surface area contributed by atoms with Crippen molar-refractivity contribution in [1.82, 2.24) is 0 Å². The summed E-state index contributed by atoms with van der Waals surface area (Å²) >= 11 is 0. The number of aryl methyl sites for hydroxylation is 9. The third-order valence-corrected chi connectivity index (χ3v) is 24.8. The van der Waals surface area contributed by atoms with Gasteiger partial charge in [-0.3, -0.25) is 32.8 Å². The van der Waals surface area contributed by atoms with E-state index in [0.717, 1.165) is 99.9 Å². The molecule has 10 aromatic carbocycles. The number of nitrogens with one attached hydrogen (secondary N) is 4. The SMILES string of the molecule is Cc1ccccc1C1=c2cc/c(=C\c3c(C)cc(C)c(NC(=O)CCCCC(=O)Nc4c(C)cc(C)c(/C=c5/cc6c(cc5S(=O)(=O)O)=C(c5ccccc5S(=O)(=O)O)c5ccc(Cc7c(C)cc(C)c(NC(=O)C(C)C)c7C)cc5O6)c4C)c3C)cc2Oc2cc(Cc3c(C)cc(C)c(NC(=O)C(C)C)c3C)c(S(=O)(=O)O)cc21. The van der Waals surface area contributed by atoms with Crippen LogP contribution in [0.15, 0.2) is 148 Å². The Morgan fingerprint density at radius 3 is 1.37 bits per heavy atom. The summed E-state index contributed by atoms with van der Waals surface area (Å²) in [5.74, 6) is -0.0926. The van der Waals surface area contributed by atoms with Crippen LogP contribution in [0.2, 0.25) is 0 Å². The monoisotopic (exact) mass is 1600 g/mol. The topological polar surface area (TPSA) is 298 Å². The predicted molar refractivity (Wildman–Crippen MR) is 453 cm³/mol. The fourth-order valence-corrected chi connectivity index (χ4v) is 18.1. The molecule has 2 aliphatic heterocycles. The van der Waals surface area contributed by atoms with Gasteiger partial charge in [0.1, 0.15) is 32.8 Å². The summed E-state index contributed by atoms with van der Waals surface area (Å²) in [4.78, 5) is 52.7. The van der Waals surface area contributed by atoms with Crippen molar-refractivity contribution in [2.24, 2.45) is 11.8 Å². The fraction of sp³-hybridized carbons (Fsp3) is 0.269. The van der Waals surface area contributed by atoms with Crippen LogP contribution in [-0.2, 0) is 62.4 Å². The molecule has 12 rings (SSSR count). The number of ether oxygens (including phenoxy) is 2. The van der Waals surface area contributed by atoms with E-state index in [-0.39, 0.29) is 92.7 Å². The third kappa shape index (κ3) is 17.3. The number of rotatable bonds is 22. The number of carbonyl (C=O) groups excluding carboxylic acids is 4.